The minimum Gasteiger partial charge on any atom is -0.258 e. The summed E-state index contributed by atoms with van der Waals surface area (Å²) >= 11 is 1.68. The fraction of sp³-hybridized carbons (Fsp3) is 0.750. The highest BCUT2D eigenvalue weighted by molar-refractivity contribution is 8.10. The maximum Gasteiger partial charge on any atom is 0.0824 e. The van der Waals surface area contributed by atoms with Crippen molar-refractivity contribution in [2.45, 2.75) is 18.4 Å². The maximum atomic E-state index is 11.4. The summed E-state index contributed by atoms with van der Waals surface area (Å²) in [7, 11) is -0.743. The number of hydrogen-bond donors (Lipinski definition) is 0. The van der Waals surface area contributed by atoms with Gasteiger partial charge < -0.3 is 0 Å². The lowest BCUT2D eigenvalue weighted by Crippen LogP contribution is -2.18. The van der Waals surface area contributed by atoms with Crippen LogP contribution in [0.5, 0.6) is 0 Å². The van der Waals surface area contributed by atoms with E-state index in [9.17, 15) is 4.21 Å². The zero-order valence-electron chi connectivity index (χ0n) is 7.37. The lowest BCUT2D eigenvalue weighted by Gasteiger charge is -2.16. The van der Waals surface area contributed by atoms with Crippen molar-refractivity contribution in [1.82, 2.24) is 0 Å². The van der Waals surface area contributed by atoms with Gasteiger partial charge in [0.2, 0.25) is 0 Å². The molecule has 0 amide bonds. The molecule has 66 valence electrons. The molecule has 0 spiro atoms. The minimum atomic E-state index is -0.743. The van der Waals surface area contributed by atoms with Crippen molar-refractivity contribution in [2.75, 3.05) is 12.0 Å². The van der Waals surface area contributed by atoms with Crippen molar-refractivity contribution in [2.24, 2.45) is 5.92 Å². The van der Waals surface area contributed by atoms with Crippen LogP contribution in [0.25, 0.3) is 0 Å². The summed E-state index contributed by atoms with van der Waals surface area (Å²) in [6, 6.07) is 0. The highest BCUT2D eigenvalue weighted by Gasteiger charge is 2.17. The van der Waals surface area contributed by atoms with Gasteiger partial charge in [-0.1, -0.05) is 19.9 Å². The Balaban J connectivity index is 4.02. The van der Waals surface area contributed by atoms with Crippen molar-refractivity contribution in [3.8, 4) is 0 Å². The lowest BCUT2D eigenvalue weighted by molar-refractivity contribution is 0.656. The zero-order chi connectivity index (χ0) is 8.85. The Morgan fingerprint density at radius 3 is 2.45 bits per heavy atom. The highest BCUT2D eigenvalue weighted by atomic mass is 32.2. The van der Waals surface area contributed by atoms with Crippen LogP contribution in [-0.2, 0) is 10.8 Å². The smallest absolute Gasteiger partial charge is 0.0824 e. The van der Waals surface area contributed by atoms with E-state index in [2.05, 4.69) is 20.4 Å². The molecule has 3 heteroatoms. The van der Waals surface area contributed by atoms with Crippen molar-refractivity contribution in [1.29, 1.82) is 0 Å². The van der Waals surface area contributed by atoms with E-state index in [0.29, 0.717) is 11.7 Å². The van der Waals surface area contributed by atoms with E-state index in [-0.39, 0.29) is 4.58 Å². The van der Waals surface area contributed by atoms with E-state index in [1.165, 1.54) is 0 Å². The fourth-order valence-corrected chi connectivity index (χ4v) is 3.56. The maximum absolute atomic E-state index is 11.4. The van der Waals surface area contributed by atoms with Crippen LogP contribution >= 0.6 is 11.8 Å². The second-order valence-corrected chi connectivity index (χ2v) is 5.56. The Hall–Kier alpha value is 0.240. The van der Waals surface area contributed by atoms with Gasteiger partial charge in [-0.15, -0.1) is 18.3 Å². The standard InChI is InChI=1S/C8H16OS2/c1-5-6-11(9)8(10-4)7(2)3/h5,7-8H,1,6H2,2-4H3. The van der Waals surface area contributed by atoms with Gasteiger partial charge in [0.1, 0.15) is 0 Å². The van der Waals surface area contributed by atoms with Crippen LogP contribution in [0.1, 0.15) is 13.8 Å². The normalized spacial score (nSPS) is 16.4. The summed E-state index contributed by atoms with van der Waals surface area (Å²) in [5.74, 6) is 1.09. The van der Waals surface area contributed by atoms with Crippen LogP contribution in [0.2, 0.25) is 0 Å². The number of thioether (sulfide) groups is 1. The summed E-state index contributed by atoms with van der Waals surface area (Å²) in [5.41, 5.74) is 0. The van der Waals surface area contributed by atoms with Gasteiger partial charge >= 0.3 is 0 Å². The molecule has 1 nitrogen and oxygen atoms in total. The van der Waals surface area contributed by atoms with Crippen molar-refractivity contribution in [3.05, 3.63) is 12.7 Å². The van der Waals surface area contributed by atoms with Crippen LogP contribution in [-0.4, -0.2) is 20.8 Å². The molecule has 11 heavy (non-hydrogen) atoms. The average molecular weight is 192 g/mol. The largest absolute Gasteiger partial charge is 0.258 e. The Morgan fingerprint density at radius 2 is 2.18 bits per heavy atom. The van der Waals surface area contributed by atoms with Gasteiger partial charge in [-0.05, 0) is 12.2 Å². The molecule has 0 saturated carbocycles. The van der Waals surface area contributed by atoms with Gasteiger partial charge in [0.05, 0.1) is 4.58 Å². The Labute approximate surface area is 76.1 Å². The van der Waals surface area contributed by atoms with E-state index in [4.69, 9.17) is 0 Å². The fourth-order valence-electron chi connectivity index (χ4n) is 0.894. The summed E-state index contributed by atoms with van der Waals surface area (Å²) in [4.78, 5) is 0. The molecule has 0 N–H and O–H groups in total. The molecule has 0 aromatic carbocycles. The zero-order valence-corrected chi connectivity index (χ0v) is 9.00. The van der Waals surface area contributed by atoms with Crippen LogP contribution in [0.3, 0.4) is 0 Å². The first kappa shape index (κ1) is 11.2. The molecule has 0 fully saturated rings. The van der Waals surface area contributed by atoms with Gasteiger partial charge in [-0.3, -0.25) is 4.21 Å². The highest BCUT2D eigenvalue weighted by Crippen LogP contribution is 2.20. The summed E-state index contributed by atoms with van der Waals surface area (Å²) in [6.45, 7) is 7.77. The van der Waals surface area contributed by atoms with Crippen LogP contribution in [0.15, 0.2) is 12.7 Å². The molecule has 2 atom stereocenters. The van der Waals surface area contributed by atoms with Crippen molar-refractivity contribution >= 4 is 22.6 Å². The van der Waals surface area contributed by atoms with Gasteiger partial charge in [-0.2, -0.15) is 0 Å². The van der Waals surface area contributed by atoms with Crippen molar-refractivity contribution < 1.29 is 4.21 Å². The summed E-state index contributed by atoms with van der Waals surface area (Å²) < 4.78 is 11.7. The molecule has 0 saturated heterocycles. The predicted molar refractivity (Wildman–Crippen MR) is 55.3 cm³/mol. The number of rotatable bonds is 5. The molecule has 0 aromatic heterocycles. The molecule has 0 bridgehead atoms. The molecule has 2 unspecified atom stereocenters. The molecular weight excluding hydrogens is 176 g/mol. The average Bonchev–Trinajstić information content (AvgIpc) is 1.88. The molecule has 0 radical (unpaired) electrons. The van der Waals surface area contributed by atoms with E-state index >= 15 is 0 Å². The van der Waals surface area contributed by atoms with Gasteiger partial charge in [-0.25, -0.2) is 0 Å². The molecule has 0 aliphatic rings. The van der Waals surface area contributed by atoms with Gasteiger partial charge in [0.25, 0.3) is 0 Å². The summed E-state index contributed by atoms with van der Waals surface area (Å²) in [6.07, 6.45) is 3.73. The van der Waals surface area contributed by atoms with Crippen LogP contribution in [0.4, 0.5) is 0 Å². The number of hydrogen-bond acceptors (Lipinski definition) is 2. The Morgan fingerprint density at radius 1 is 1.64 bits per heavy atom. The molecule has 0 aromatic rings. The van der Waals surface area contributed by atoms with Gasteiger partial charge in [0.15, 0.2) is 0 Å². The quantitative estimate of drug-likeness (QED) is 0.622. The van der Waals surface area contributed by atoms with E-state index in [1.54, 1.807) is 17.8 Å². The van der Waals surface area contributed by atoms with E-state index in [1.807, 2.05) is 6.26 Å². The summed E-state index contributed by atoms with van der Waals surface area (Å²) in [5, 5.41) is 0. The first-order valence-electron chi connectivity index (χ1n) is 3.64. The van der Waals surface area contributed by atoms with E-state index < -0.39 is 10.8 Å². The third kappa shape index (κ3) is 3.97. The Bertz CT molecular complexity index is 143. The van der Waals surface area contributed by atoms with Gasteiger partial charge in [0, 0.05) is 16.6 Å². The second kappa shape index (κ2) is 5.84. The second-order valence-electron chi connectivity index (χ2n) is 2.68. The first-order chi connectivity index (χ1) is 5.13. The van der Waals surface area contributed by atoms with Crippen LogP contribution < -0.4 is 0 Å². The first-order valence-corrected chi connectivity index (χ1v) is 6.31. The molecule has 0 heterocycles. The predicted octanol–water partition coefficient (Wildman–Crippen LogP) is 2.27. The third-order valence-electron chi connectivity index (χ3n) is 1.32. The van der Waals surface area contributed by atoms with Crippen LogP contribution in [0, 0.1) is 5.92 Å². The third-order valence-corrected chi connectivity index (χ3v) is 5.17. The Kier molecular flexibility index (Phi) is 5.96. The molecule has 0 aliphatic heterocycles. The lowest BCUT2D eigenvalue weighted by atomic mass is 10.3. The SMILES string of the molecule is C=CCS(=O)C(SC)C(C)C. The van der Waals surface area contributed by atoms with Crippen molar-refractivity contribution in [3.63, 3.8) is 0 Å². The topological polar surface area (TPSA) is 17.1 Å². The molecule has 0 rings (SSSR count). The molecular formula is C8H16OS2. The molecule has 0 aliphatic carbocycles. The monoisotopic (exact) mass is 192 g/mol. The van der Waals surface area contributed by atoms with E-state index in [0.717, 1.165) is 0 Å². The minimum absolute atomic E-state index is 0.257.